The second-order valence-electron chi connectivity index (χ2n) is 6.47. The zero-order valence-corrected chi connectivity index (χ0v) is 15.9. The van der Waals surface area contributed by atoms with Crippen LogP contribution in [-0.2, 0) is 0 Å². The number of rotatable bonds is 2. The normalized spacial score (nSPS) is 27.4. The Bertz CT molecular complexity index is 559. The van der Waals surface area contributed by atoms with E-state index >= 15 is 0 Å². The van der Waals surface area contributed by atoms with E-state index in [9.17, 15) is 8.78 Å². The molecule has 1 N–H and O–H groups in total. The van der Waals surface area contributed by atoms with Gasteiger partial charge >= 0.3 is 0 Å². The average molecular weight is 435 g/mol. The fraction of sp³-hybridized carbons (Fsp3) is 0.588. The molecule has 128 valence electrons. The van der Waals surface area contributed by atoms with E-state index in [0.717, 1.165) is 31.9 Å². The van der Waals surface area contributed by atoms with Gasteiger partial charge in [0.15, 0.2) is 5.96 Å². The van der Waals surface area contributed by atoms with E-state index in [2.05, 4.69) is 22.1 Å². The lowest BCUT2D eigenvalue weighted by atomic mass is 10.0. The highest BCUT2D eigenvalue weighted by molar-refractivity contribution is 14.0. The van der Waals surface area contributed by atoms with Crippen molar-refractivity contribution in [2.24, 2.45) is 10.9 Å². The molecule has 1 aliphatic carbocycles. The highest BCUT2D eigenvalue weighted by Crippen LogP contribution is 2.43. The average Bonchev–Trinajstić information content (AvgIpc) is 3.23. The summed E-state index contributed by atoms with van der Waals surface area (Å²) in [5.41, 5.74) is 0.211. The Kier molecular flexibility index (Phi) is 6.22. The summed E-state index contributed by atoms with van der Waals surface area (Å²) in [4.78, 5) is 6.59. The van der Waals surface area contributed by atoms with Crippen LogP contribution in [0.3, 0.4) is 0 Å². The van der Waals surface area contributed by atoms with Crippen molar-refractivity contribution >= 4 is 29.9 Å². The highest BCUT2D eigenvalue weighted by Gasteiger charge is 2.43. The molecule has 3 unspecified atom stereocenters. The van der Waals surface area contributed by atoms with E-state index in [0.29, 0.717) is 5.92 Å². The number of hydrogen-bond acceptors (Lipinski definition) is 1. The summed E-state index contributed by atoms with van der Waals surface area (Å²) in [5, 5.41) is 3.38. The topological polar surface area (TPSA) is 27.6 Å². The molecule has 0 aromatic heterocycles. The van der Waals surface area contributed by atoms with Gasteiger partial charge in [0.25, 0.3) is 0 Å². The first kappa shape index (κ1) is 18.4. The van der Waals surface area contributed by atoms with Crippen molar-refractivity contribution in [1.29, 1.82) is 0 Å². The van der Waals surface area contributed by atoms with Crippen molar-refractivity contribution in [3.63, 3.8) is 0 Å². The summed E-state index contributed by atoms with van der Waals surface area (Å²) in [6.45, 7) is 4.23. The van der Waals surface area contributed by atoms with Gasteiger partial charge in [0.05, 0.1) is 0 Å². The van der Waals surface area contributed by atoms with Crippen LogP contribution < -0.4 is 5.32 Å². The zero-order chi connectivity index (χ0) is 15.7. The Labute approximate surface area is 153 Å². The van der Waals surface area contributed by atoms with Crippen molar-refractivity contribution in [2.75, 3.05) is 20.1 Å². The van der Waals surface area contributed by atoms with Crippen molar-refractivity contribution in [3.05, 3.63) is 35.4 Å². The van der Waals surface area contributed by atoms with Crippen molar-refractivity contribution in [1.82, 2.24) is 10.2 Å². The maximum absolute atomic E-state index is 13.8. The SMILES string of the molecule is CN=C(NC1CC1c1c(F)cccc1F)N1CCCC(C)C1.I. The lowest BCUT2D eigenvalue weighted by Gasteiger charge is -2.33. The van der Waals surface area contributed by atoms with E-state index in [4.69, 9.17) is 0 Å². The van der Waals surface area contributed by atoms with Gasteiger partial charge in [0, 0.05) is 37.7 Å². The van der Waals surface area contributed by atoms with Gasteiger partial charge in [0.1, 0.15) is 11.6 Å². The second-order valence-corrected chi connectivity index (χ2v) is 6.47. The molecule has 23 heavy (non-hydrogen) atoms. The molecule has 2 aliphatic rings. The standard InChI is InChI=1S/C17H23F2N3.HI/c1-11-5-4-8-22(10-11)17(20-2)21-15-9-12(15)16-13(18)6-3-7-14(16)19;/h3,6-7,11-12,15H,4-5,8-10H2,1-2H3,(H,20,21);1H. The number of piperidine rings is 1. The minimum absolute atomic E-state index is 0. The molecule has 2 fully saturated rings. The van der Waals surface area contributed by atoms with E-state index in [1.54, 1.807) is 7.05 Å². The molecule has 1 heterocycles. The molecule has 3 atom stereocenters. The molecule has 0 spiro atoms. The van der Waals surface area contributed by atoms with E-state index in [1.165, 1.54) is 24.6 Å². The summed E-state index contributed by atoms with van der Waals surface area (Å²) in [6.07, 6.45) is 3.16. The molecular weight excluding hydrogens is 411 g/mol. The Morgan fingerprint density at radius 1 is 1.30 bits per heavy atom. The smallest absolute Gasteiger partial charge is 0.193 e. The Balaban J connectivity index is 0.00000192. The third-order valence-corrected chi connectivity index (χ3v) is 4.64. The number of nitrogens with zero attached hydrogens (tertiary/aromatic N) is 2. The maximum Gasteiger partial charge on any atom is 0.193 e. The number of benzene rings is 1. The molecule has 1 saturated carbocycles. The molecule has 6 heteroatoms. The fourth-order valence-corrected chi connectivity index (χ4v) is 3.38. The molecule has 1 saturated heterocycles. The van der Waals surface area contributed by atoms with E-state index < -0.39 is 11.6 Å². The van der Waals surface area contributed by atoms with Crippen molar-refractivity contribution in [3.8, 4) is 0 Å². The number of halogens is 3. The van der Waals surface area contributed by atoms with Crippen LogP contribution in [0.1, 0.15) is 37.7 Å². The van der Waals surface area contributed by atoms with Gasteiger partial charge in [-0.15, -0.1) is 24.0 Å². The molecule has 0 amide bonds. The maximum atomic E-state index is 13.8. The minimum atomic E-state index is -0.448. The van der Waals surface area contributed by atoms with Gasteiger partial charge in [0.2, 0.25) is 0 Å². The number of guanidine groups is 1. The Hall–Kier alpha value is -0.920. The lowest BCUT2D eigenvalue weighted by Crippen LogP contribution is -2.47. The first-order valence-corrected chi connectivity index (χ1v) is 8.02. The van der Waals surface area contributed by atoms with Crippen LogP contribution in [0.2, 0.25) is 0 Å². The largest absolute Gasteiger partial charge is 0.353 e. The number of hydrogen-bond donors (Lipinski definition) is 1. The van der Waals surface area contributed by atoms with Crippen LogP contribution in [0.15, 0.2) is 23.2 Å². The molecule has 0 bridgehead atoms. The summed E-state index contributed by atoms with van der Waals surface area (Å²) in [6, 6.07) is 4.14. The van der Waals surface area contributed by atoms with E-state index in [-0.39, 0.29) is 41.5 Å². The number of likely N-dealkylation sites (tertiary alicyclic amines) is 1. The van der Waals surface area contributed by atoms with Crippen molar-refractivity contribution in [2.45, 2.75) is 38.1 Å². The number of nitrogens with one attached hydrogen (secondary N) is 1. The molecular formula is C17H24F2IN3. The Morgan fingerprint density at radius 3 is 2.61 bits per heavy atom. The zero-order valence-electron chi connectivity index (χ0n) is 13.6. The van der Waals surface area contributed by atoms with Crippen LogP contribution in [0.5, 0.6) is 0 Å². The lowest BCUT2D eigenvalue weighted by molar-refractivity contribution is 0.265. The van der Waals surface area contributed by atoms with Crippen LogP contribution in [-0.4, -0.2) is 37.0 Å². The first-order valence-electron chi connectivity index (χ1n) is 8.02. The van der Waals surface area contributed by atoms with Gasteiger partial charge in [-0.1, -0.05) is 13.0 Å². The number of aliphatic imine (C=N–C) groups is 1. The summed E-state index contributed by atoms with van der Waals surface area (Å²) < 4.78 is 27.7. The summed E-state index contributed by atoms with van der Waals surface area (Å²) in [5.74, 6) is 0.522. The molecule has 0 radical (unpaired) electrons. The molecule has 1 aromatic rings. The molecule has 1 aliphatic heterocycles. The second kappa shape index (κ2) is 7.77. The van der Waals surface area contributed by atoms with Gasteiger partial charge in [-0.25, -0.2) is 8.78 Å². The molecule has 3 rings (SSSR count). The van der Waals surface area contributed by atoms with Gasteiger partial charge in [-0.3, -0.25) is 4.99 Å². The van der Waals surface area contributed by atoms with Crippen LogP contribution in [0, 0.1) is 17.6 Å². The predicted molar refractivity (Wildman–Crippen MR) is 99.4 cm³/mol. The minimum Gasteiger partial charge on any atom is -0.353 e. The van der Waals surface area contributed by atoms with Gasteiger partial charge in [-0.05, 0) is 37.3 Å². The third kappa shape index (κ3) is 4.14. The fourth-order valence-electron chi connectivity index (χ4n) is 3.38. The third-order valence-electron chi connectivity index (χ3n) is 4.64. The van der Waals surface area contributed by atoms with Crippen LogP contribution in [0.25, 0.3) is 0 Å². The summed E-state index contributed by atoms with van der Waals surface area (Å²) >= 11 is 0. The Morgan fingerprint density at radius 2 is 2.00 bits per heavy atom. The molecule has 1 aromatic carbocycles. The van der Waals surface area contributed by atoms with E-state index in [1.807, 2.05) is 0 Å². The van der Waals surface area contributed by atoms with Gasteiger partial charge in [-0.2, -0.15) is 0 Å². The monoisotopic (exact) mass is 435 g/mol. The van der Waals surface area contributed by atoms with Crippen LogP contribution >= 0.6 is 24.0 Å². The first-order chi connectivity index (χ1) is 10.6. The van der Waals surface area contributed by atoms with Crippen LogP contribution in [0.4, 0.5) is 8.78 Å². The highest BCUT2D eigenvalue weighted by atomic mass is 127. The predicted octanol–water partition coefficient (Wildman–Crippen LogP) is 3.75. The quantitative estimate of drug-likeness (QED) is 0.436. The van der Waals surface area contributed by atoms with Crippen molar-refractivity contribution < 1.29 is 8.78 Å². The summed E-state index contributed by atoms with van der Waals surface area (Å²) in [7, 11) is 1.77. The molecule has 3 nitrogen and oxygen atoms in total. The van der Waals surface area contributed by atoms with Gasteiger partial charge < -0.3 is 10.2 Å².